The maximum absolute atomic E-state index is 3.93. The second-order valence-electron chi connectivity index (χ2n) is 6.34. The summed E-state index contributed by atoms with van der Waals surface area (Å²) in [5.74, 6) is 2.40. The lowest BCUT2D eigenvalue weighted by atomic mass is 9.98. The van der Waals surface area contributed by atoms with E-state index in [9.17, 15) is 0 Å². The van der Waals surface area contributed by atoms with Crippen molar-refractivity contribution in [1.29, 1.82) is 0 Å². The van der Waals surface area contributed by atoms with E-state index in [0.717, 1.165) is 0 Å². The summed E-state index contributed by atoms with van der Waals surface area (Å²) in [4.78, 5) is 2.60. The van der Waals surface area contributed by atoms with Gasteiger partial charge in [-0.1, -0.05) is 24.3 Å². The monoisotopic (exact) mass is 290 g/mol. The highest BCUT2D eigenvalue weighted by Crippen LogP contribution is 2.32. The number of piperidine rings is 1. The summed E-state index contributed by atoms with van der Waals surface area (Å²) in [5.41, 5.74) is 3.07. The quantitative estimate of drug-likeness (QED) is 0.918. The topological polar surface area (TPSA) is 15.3 Å². The van der Waals surface area contributed by atoms with E-state index >= 15 is 0 Å². The summed E-state index contributed by atoms with van der Waals surface area (Å²) in [6, 6.07) is 10.9. The number of hydrogen-bond acceptors (Lipinski definition) is 3. The first-order valence-corrected chi connectivity index (χ1v) is 9.05. The van der Waals surface area contributed by atoms with Crippen LogP contribution in [0.2, 0.25) is 0 Å². The van der Waals surface area contributed by atoms with Crippen LogP contribution in [-0.2, 0) is 5.75 Å². The van der Waals surface area contributed by atoms with Crippen molar-refractivity contribution in [2.75, 3.05) is 18.8 Å². The summed E-state index contributed by atoms with van der Waals surface area (Å²) >= 11 is 2.07. The standard InChI is InChI=1S/C17H26N2S/c1-13(2)19-9-7-15(8-10-19)18-17-12-20-11-14-5-3-4-6-16(14)17/h3-6,13,15,17-18H,7-12H2,1-2H3. The van der Waals surface area contributed by atoms with E-state index in [-0.39, 0.29) is 0 Å². The van der Waals surface area contributed by atoms with Gasteiger partial charge in [0, 0.05) is 29.6 Å². The van der Waals surface area contributed by atoms with Gasteiger partial charge in [-0.3, -0.25) is 0 Å². The number of likely N-dealkylation sites (tertiary alicyclic amines) is 1. The second kappa shape index (κ2) is 6.50. The molecule has 20 heavy (non-hydrogen) atoms. The molecule has 0 amide bonds. The van der Waals surface area contributed by atoms with Crippen LogP contribution in [0.4, 0.5) is 0 Å². The van der Waals surface area contributed by atoms with Crippen LogP contribution in [0.3, 0.4) is 0 Å². The molecule has 1 atom stereocenters. The Balaban J connectivity index is 1.60. The molecule has 3 heteroatoms. The molecular weight excluding hydrogens is 264 g/mol. The van der Waals surface area contributed by atoms with Crippen LogP contribution in [0.5, 0.6) is 0 Å². The van der Waals surface area contributed by atoms with Gasteiger partial charge in [-0.15, -0.1) is 0 Å². The molecule has 2 nitrogen and oxygen atoms in total. The SMILES string of the molecule is CC(C)N1CCC(NC2CSCc3ccccc32)CC1. The lowest BCUT2D eigenvalue weighted by molar-refractivity contribution is 0.157. The molecule has 1 fully saturated rings. The molecule has 1 aromatic rings. The van der Waals surface area contributed by atoms with Crippen LogP contribution in [-0.4, -0.2) is 35.8 Å². The molecule has 0 aromatic heterocycles. The number of fused-ring (bicyclic) bond motifs is 1. The Morgan fingerprint density at radius 2 is 1.95 bits per heavy atom. The van der Waals surface area contributed by atoms with Gasteiger partial charge in [0.05, 0.1) is 0 Å². The molecular formula is C17H26N2S. The average molecular weight is 290 g/mol. The first-order chi connectivity index (χ1) is 9.74. The molecule has 1 N–H and O–H groups in total. The van der Waals surface area contributed by atoms with E-state index < -0.39 is 0 Å². The van der Waals surface area contributed by atoms with E-state index in [0.29, 0.717) is 18.1 Å². The number of nitrogens with one attached hydrogen (secondary N) is 1. The molecule has 0 radical (unpaired) electrons. The van der Waals surface area contributed by atoms with E-state index in [1.807, 2.05) is 0 Å². The largest absolute Gasteiger partial charge is 0.306 e. The predicted molar refractivity (Wildman–Crippen MR) is 88.2 cm³/mol. The van der Waals surface area contributed by atoms with Crippen molar-refractivity contribution < 1.29 is 0 Å². The highest BCUT2D eigenvalue weighted by Gasteiger charge is 2.26. The molecule has 1 saturated heterocycles. The smallest absolute Gasteiger partial charge is 0.0417 e. The molecule has 2 aliphatic heterocycles. The minimum atomic E-state index is 0.556. The Labute approximate surface area is 127 Å². The fourth-order valence-corrected chi connectivity index (χ4v) is 4.50. The van der Waals surface area contributed by atoms with Crippen molar-refractivity contribution in [1.82, 2.24) is 10.2 Å². The molecule has 0 aliphatic carbocycles. The molecule has 1 unspecified atom stereocenters. The van der Waals surface area contributed by atoms with Gasteiger partial charge in [-0.05, 0) is 50.9 Å². The van der Waals surface area contributed by atoms with E-state index in [4.69, 9.17) is 0 Å². The normalized spacial score (nSPS) is 24.9. The maximum atomic E-state index is 3.93. The van der Waals surface area contributed by atoms with Crippen molar-refractivity contribution in [3.05, 3.63) is 35.4 Å². The highest BCUT2D eigenvalue weighted by atomic mass is 32.2. The van der Waals surface area contributed by atoms with Gasteiger partial charge in [-0.25, -0.2) is 0 Å². The molecule has 3 rings (SSSR count). The predicted octanol–water partition coefficient (Wildman–Crippen LogP) is 3.44. The van der Waals surface area contributed by atoms with Gasteiger partial charge in [0.25, 0.3) is 0 Å². The Morgan fingerprint density at radius 1 is 1.20 bits per heavy atom. The molecule has 1 aromatic carbocycles. The van der Waals surface area contributed by atoms with E-state index in [2.05, 4.69) is 60.1 Å². The Bertz CT molecular complexity index is 438. The van der Waals surface area contributed by atoms with Crippen LogP contribution in [0.25, 0.3) is 0 Å². The molecule has 0 bridgehead atoms. The highest BCUT2D eigenvalue weighted by molar-refractivity contribution is 7.98. The van der Waals surface area contributed by atoms with Crippen LogP contribution in [0, 0.1) is 0 Å². The zero-order chi connectivity index (χ0) is 13.9. The minimum Gasteiger partial charge on any atom is -0.306 e. The number of nitrogens with zero attached hydrogens (tertiary/aromatic N) is 1. The van der Waals surface area contributed by atoms with Gasteiger partial charge in [0.1, 0.15) is 0 Å². The molecule has 0 saturated carbocycles. The van der Waals surface area contributed by atoms with Gasteiger partial charge < -0.3 is 10.2 Å². The summed E-state index contributed by atoms with van der Waals surface area (Å²) < 4.78 is 0. The second-order valence-corrected chi connectivity index (χ2v) is 7.37. The van der Waals surface area contributed by atoms with Crippen molar-refractivity contribution >= 4 is 11.8 Å². The zero-order valence-corrected chi connectivity index (χ0v) is 13.5. The lowest BCUT2D eigenvalue weighted by Crippen LogP contribution is -2.46. The average Bonchev–Trinajstić information content (AvgIpc) is 2.48. The Hall–Kier alpha value is -0.510. The Morgan fingerprint density at radius 3 is 2.70 bits per heavy atom. The molecule has 2 aliphatic rings. The number of hydrogen-bond donors (Lipinski definition) is 1. The Kier molecular flexibility index (Phi) is 4.69. The van der Waals surface area contributed by atoms with Gasteiger partial charge in [0.2, 0.25) is 0 Å². The lowest BCUT2D eigenvalue weighted by Gasteiger charge is -2.37. The first kappa shape index (κ1) is 14.4. The number of rotatable bonds is 3. The maximum Gasteiger partial charge on any atom is 0.0417 e. The van der Waals surface area contributed by atoms with Crippen molar-refractivity contribution in [3.8, 4) is 0 Å². The molecule has 0 spiro atoms. The minimum absolute atomic E-state index is 0.556. The fourth-order valence-electron chi connectivity index (χ4n) is 3.39. The fraction of sp³-hybridized carbons (Fsp3) is 0.647. The summed E-state index contributed by atoms with van der Waals surface area (Å²) in [6.45, 7) is 7.11. The molecule has 110 valence electrons. The van der Waals surface area contributed by atoms with Crippen molar-refractivity contribution in [3.63, 3.8) is 0 Å². The van der Waals surface area contributed by atoms with Crippen LogP contribution in [0.15, 0.2) is 24.3 Å². The van der Waals surface area contributed by atoms with Gasteiger partial charge in [-0.2, -0.15) is 11.8 Å². The molecule has 2 heterocycles. The van der Waals surface area contributed by atoms with Gasteiger partial charge in [0.15, 0.2) is 0 Å². The van der Waals surface area contributed by atoms with Crippen molar-refractivity contribution in [2.45, 2.75) is 50.6 Å². The third kappa shape index (κ3) is 3.21. The van der Waals surface area contributed by atoms with Gasteiger partial charge >= 0.3 is 0 Å². The summed E-state index contributed by atoms with van der Waals surface area (Å²) in [7, 11) is 0. The van der Waals surface area contributed by atoms with E-state index in [1.165, 1.54) is 48.6 Å². The number of benzene rings is 1. The van der Waals surface area contributed by atoms with E-state index in [1.54, 1.807) is 0 Å². The number of thioether (sulfide) groups is 1. The summed E-state index contributed by atoms with van der Waals surface area (Å²) in [6.07, 6.45) is 2.59. The van der Waals surface area contributed by atoms with Crippen LogP contribution < -0.4 is 5.32 Å². The van der Waals surface area contributed by atoms with Crippen LogP contribution in [0.1, 0.15) is 43.9 Å². The van der Waals surface area contributed by atoms with Crippen molar-refractivity contribution in [2.24, 2.45) is 0 Å². The zero-order valence-electron chi connectivity index (χ0n) is 12.6. The summed E-state index contributed by atoms with van der Waals surface area (Å²) in [5, 5.41) is 3.93. The first-order valence-electron chi connectivity index (χ1n) is 7.89. The third-order valence-corrected chi connectivity index (χ3v) is 5.75. The third-order valence-electron chi connectivity index (χ3n) is 4.67. The van der Waals surface area contributed by atoms with Crippen LogP contribution >= 0.6 is 11.8 Å².